The zero-order chi connectivity index (χ0) is 16.0. The minimum absolute atomic E-state index is 0.0579. The van der Waals surface area contributed by atoms with Crippen molar-refractivity contribution in [2.45, 2.75) is 23.3 Å². The van der Waals surface area contributed by atoms with Crippen molar-refractivity contribution in [2.75, 3.05) is 32.5 Å². The average Bonchev–Trinajstić information content (AvgIpc) is 2.73. The third-order valence-corrected chi connectivity index (χ3v) is 6.33. The molecule has 1 aromatic carbocycles. The van der Waals surface area contributed by atoms with Gasteiger partial charge in [0, 0.05) is 19.6 Å². The van der Waals surface area contributed by atoms with Gasteiger partial charge in [0.25, 0.3) is 0 Å². The summed E-state index contributed by atoms with van der Waals surface area (Å²) in [5.74, 6) is -0.122. The van der Waals surface area contributed by atoms with Crippen molar-refractivity contribution in [3.05, 3.63) is 29.8 Å². The van der Waals surface area contributed by atoms with E-state index in [4.69, 9.17) is 4.74 Å². The number of sulfone groups is 1. The Hall–Kier alpha value is -1.60. The average molecular weight is 324 g/mol. The molecule has 1 saturated heterocycles. The molecule has 0 bridgehead atoms. The number of methoxy groups -OCH3 is 1. The minimum Gasteiger partial charge on any atom is -0.375 e. The van der Waals surface area contributed by atoms with Gasteiger partial charge in [0.15, 0.2) is 9.84 Å². The number of fused-ring (bicyclic) bond motifs is 1. The summed E-state index contributed by atoms with van der Waals surface area (Å²) in [5, 5.41) is 2.83. The van der Waals surface area contributed by atoms with Gasteiger partial charge in [-0.15, -0.1) is 0 Å². The topological polar surface area (TPSA) is 75.7 Å². The van der Waals surface area contributed by atoms with E-state index < -0.39 is 9.84 Å². The Morgan fingerprint density at radius 1 is 1.41 bits per heavy atom. The van der Waals surface area contributed by atoms with Gasteiger partial charge in [-0.25, -0.2) is 13.2 Å². The Morgan fingerprint density at radius 2 is 2.09 bits per heavy atom. The first kappa shape index (κ1) is 15.3. The van der Waals surface area contributed by atoms with E-state index in [9.17, 15) is 13.2 Å². The quantitative estimate of drug-likeness (QED) is 0.899. The first-order valence-corrected chi connectivity index (χ1v) is 8.89. The van der Waals surface area contributed by atoms with Crippen molar-refractivity contribution in [3.63, 3.8) is 0 Å². The van der Waals surface area contributed by atoms with Crippen molar-refractivity contribution in [1.29, 1.82) is 0 Å². The monoisotopic (exact) mass is 324 g/mol. The van der Waals surface area contributed by atoms with E-state index in [2.05, 4.69) is 5.32 Å². The van der Waals surface area contributed by atoms with Crippen LogP contribution in [0.2, 0.25) is 0 Å². The Bertz CT molecular complexity index is 695. The molecular formula is C15H20N2O4S. The number of nitrogens with one attached hydrogen (secondary N) is 1. The number of rotatable bonds is 3. The van der Waals surface area contributed by atoms with E-state index in [1.807, 2.05) is 19.1 Å². The van der Waals surface area contributed by atoms with Gasteiger partial charge in [0.1, 0.15) is 5.60 Å². The predicted octanol–water partition coefficient (Wildman–Crippen LogP) is 0.988. The molecule has 1 fully saturated rings. The lowest BCUT2D eigenvalue weighted by molar-refractivity contribution is -0.0909. The number of hydrogen-bond donors (Lipinski definition) is 1. The van der Waals surface area contributed by atoms with Crippen molar-refractivity contribution in [3.8, 4) is 0 Å². The molecule has 2 aliphatic rings. The summed E-state index contributed by atoms with van der Waals surface area (Å²) in [7, 11) is -1.59. The van der Waals surface area contributed by atoms with E-state index in [1.165, 1.54) is 0 Å². The van der Waals surface area contributed by atoms with Crippen LogP contribution >= 0.6 is 0 Å². The summed E-state index contributed by atoms with van der Waals surface area (Å²) >= 11 is 0. The number of amides is 2. The van der Waals surface area contributed by atoms with Gasteiger partial charge < -0.3 is 15.0 Å². The Kier molecular flexibility index (Phi) is 3.65. The molecule has 0 aromatic heterocycles. The summed E-state index contributed by atoms with van der Waals surface area (Å²) in [6, 6.07) is 6.84. The third kappa shape index (κ3) is 2.59. The molecule has 0 spiro atoms. The van der Waals surface area contributed by atoms with Crippen LogP contribution in [0.15, 0.2) is 29.2 Å². The SMILES string of the molecule is COC1(C)CN(C(=O)NCC2CS(=O)(=O)c3ccccc32)C1. The summed E-state index contributed by atoms with van der Waals surface area (Å²) in [6.07, 6.45) is 0. The lowest BCUT2D eigenvalue weighted by Crippen LogP contribution is -2.64. The normalized spacial score (nSPS) is 24.5. The molecular weight excluding hydrogens is 304 g/mol. The number of hydrogen-bond acceptors (Lipinski definition) is 4. The largest absolute Gasteiger partial charge is 0.375 e. The number of likely N-dealkylation sites (tertiary alicyclic amines) is 1. The highest BCUT2D eigenvalue weighted by atomic mass is 32.2. The van der Waals surface area contributed by atoms with Gasteiger partial charge in [0.05, 0.1) is 23.7 Å². The maximum Gasteiger partial charge on any atom is 0.317 e. The lowest BCUT2D eigenvalue weighted by atomic mass is 9.97. The first-order valence-electron chi connectivity index (χ1n) is 7.24. The smallest absolute Gasteiger partial charge is 0.317 e. The van der Waals surface area contributed by atoms with E-state index in [1.54, 1.807) is 24.1 Å². The number of ether oxygens (including phenoxy) is 1. The molecule has 120 valence electrons. The van der Waals surface area contributed by atoms with Crippen molar-refractivity contribution in [2.24, 2.45) is 0 Å². The maximum absolute atomic E-state index is 12.1. The molecule has 1 aromatic rings. The minimum atomic E-state index is -3.22. The maximum atomic E-state index is 12.1. The summed E-state index contributed by atoms with van der Waals surface area (Å²) < 4.78 is 29.5. The van der Waals surface area contributed by atoms with Crippen LogP contribution in [0.25, 0.3) is 0 Å². The first-order chi connectivity index (χ1) is 10.3. The second-order valence-electron chi connectivity index (χ2n) is 6.21. The third-order valence-electron chi connectivity index (χ3n) is 4.44. The molecule has 0 saturated carbocycles. The van der Waals surface area contributed by atoms with Crippen LogP contribution in [-0.4, -0.2) is 57.4 Å². The number of carbonyl (C=O) groups is 1. The molecule has 0 aliphatic carbocycles. The fraction of sp³-hybridized carbons (Fsp3) is 0.533. The lowest BCUT2D eigenvalue weighted by Gasteiger charge is -2.46. The molecule has 3 rings (SSSR count). The zero-order valence-corrected chi connectivity index (χ0v) is 13.5. The highest BCUT2D eigenvalue weighted by Gasteiger charge is 2.42. The van der Waals surface area contributed by atoms with Crippen LogP contribution in [0, 0.1) is 0 Å². The van der Waals surface area contributed by atoms with Crippen LogP contribution in [0.3, 0.4) is 0 Å². The predicted molar refractivity (Wildman–Crippen MR) is 81.6 cm³/mol. The molecule has 1 N–H and O–H groups in total. The van der Waals surface area contributed by atoms with Crippen molar-refractivity contribution >= 4 is 15.9 Å². The van der Waals surface area contributed by atoms with Gasteiger partial charge in [-0.1, -0.05) is 18.2 Å². The standard InChI is InChI=1S/C15H20N2O4S/c1-15(21-2)9-17(10-15)14(18)16-7-11-8-22(19,20)13-6-4-3-5-12(11)13/h3-6,11H,7-10H2,1-2H3,(H,16,18). The summed E-state index contributed by atoms with van der Waals surface area (Å²) in [6.45, 7) is 3.38. The Balaban J connectivity index is 1.61. The fourth-order valence-corrected chi connectivity index (χ4v) is 4.96. The molecule has 2 amide bonds. The fourth-order valence-electron chi connectivity index (χ4n) is 3.07. The van der Waals surface area contributed by atoms with Crippen LogP contribution in [0.1, 0.15) is 18.4 Å². The van der Waals surface area contributed by atoms with Crippen LogP contribution < -0.4 is 5.32 Å². The van der Waals surface area contributed by atoms with Gasteiger partial charge in [-0.2, -0.15) is 0 Å². The van der Waals surface area contributed by atoms with E-state index in [0.29, 0.717) is 24.5 Å². The highest BCUT2D eigenvalue weighted by Crippen LogP contribution is 2.34. The van der Waals surface area contributed by atoms with E-state index >= 15 is 0 Å². The van der Waals surface area contributed by atoms with E-state index in [-0.39, 0.29) is 23.3 Å². The number of nitrogens with zero attached hydrogens (tertiary/aromatic N) is 1. The molecule has 7 heteroatoms. The molecule has 22 heavy (non-hydrogen) atoms. The van der Waals surface area contributed by atoms with Gasteiger partial charge in [-0.05, 0) is 18.6 Å². The van der Waals surface area contributed by atoms with Crippen LogP contribution in [0.5, 0.6) is 0 Å². The van der Waals surface area contributed by atoms with Gasteiger partial charge in [-0.3, -0.25) is 0 Å². The molecule has 0 radical (unpaired) electrons. The molecule has 6 nitrogen and oxygen atoms in total. The summed E-state index contributed by atoms with van der Waals surface area (Å²) in [5.41, 5.74) is 0.536. The van der Waals surface area contributed by atoms with Crippen LogP contribution in [-0.2, 0) is 14.6 Å². The summed E-state index contributed by atoms with van der Waals surface area (Å²) in [4.78, 5) is 14.1. The van der Waals surface area contributed by atoms with E-state index in [0.717, 1.165) is 5.56 Å². The highest BCUT2D eigenvalue weighted by molar-refractivity contribution is 7.91. The zero-order valence-electron chi connectivity index (χ0n) is 12.7. The molecule has 1 unspecified atom stereocenters. The number of benzene rings is 1. The van der Waals surface area contributed by atoms with Gasteiger partial charge in [0.2, 0.25) is 0 Å². The van der Waals surface area contributed by atoms with Crippen molar-refractivity contribution < 1.29 is 17.9 Å². The Labute approximate surface area is 130 Å². The van der Waals surface area contributed by atoms with Gasteiger partial charge >= 0.3 is 6.03 Å². The molecule has 2 heterocycles. The second kappa shape index (κ2) is 5.24. The molecule has 2 aliphatic heterocycles. The van der Waals surface area contributed by atoms with Crippen LogP contribution in [0.4, 0.5) is 4.79 Å². The Morgan fingerprint density at radius 3 is 2.77 bits per heavy atom. The number of urea groups is 1. The second-order valence-corrected chi connectivity index (χ2v) is 8.21. The number of carbonyl (C=O) groups excluding carboxylic acids is 1. The molecule has 1 atom stereocenters. The van der Waals surface area contributed by atoms with Crippen molar-refractivity contribution in [1.82, 2.24) is 10.2 Å².